The van der Waals surface area contributed by atoms with E-state index in [0.29, 0.717) is 0 Å². The molecule has 0 atom stereocenters. The second kappa shape index (κ2) is 2.88. The largest absolute Gasteiger partial charge is 0.344 e. The number of fused-ring (bicyclic) bond motifs is 1. The molecule has 1 aromatic rings. The van der Waals surface area contributed by atoms with Gasteiger partial charge in [0.25, 0.3) is 0 Å². The minimum atomic E-state index is 0.885. The van der Waals surface area contributed by atoms with Gasteiger partial charge in [0, 0.05) is 18.0 Å². The number of nitrogens with one attached hydrogen (secondary N) is 1. The van der Waals surface area contributed by atoms with Crippen molar-refractivity contribution in [2.24, 2.45) is 0 Å². The van der Waals surface area contributed by atoms with Crippen molar-refractivity contribution in [3.05, 3.63) is 30.4 Å². The number of aromatic nitrogens is 4. The van der Waals surface area contributed by atoms with E-state index in [1.165, 1.54) is 0 Å². The van der Waals surface area contributed by atoms with E-state index in [-0.39, 0.29) is 0 Å². The molecule has 0 radical (unpaired) electrons. The monoisotopic (exact) mass is 202 g/mol. The summed E-state index contributed by atoms with van der Waals surface area (Å²) in [7, 11) is 0. The van der Waals surface area contributed by atoms with Gasteiger partial charge in [-0.05, 0) is 0 Å². The molecular formula is C9H6N4S. The zero-order valence-electron chi connectivity index (χ0n) is 7.14. The summed E-state index contributed by atoms with van der Waals surface area (Å²) in [4.78, 5) is 16.5. The quantitative estimate of drug-likeness (QED) is 0.657. The van der Waals surface area contributed by atoms with E-state index in [2.05, 4.69) is 19.9 Å². The predicted octanol–water partition coefficient (Wildman–Crippen LogP) is 2.03. The summed E-state index contributed by atoms with van der Waals surface area (Å²) in [6.07, 6.45) is 7.09. The van der Waals surface area contributed by atoms with Gasteiger partial charge in [-0.25, -0.2) is 4.98 Å². The highest BCUT2D eigenvalue weighted by molar-refractivity contribution is 7.13. The van der Waals surface area contributed by atoms with Crippen LogP contribution in [0.25, 0.3) is 21.8 Å². The third kappa shape index (κ3) is 1.03. The molecule has 0 spiro atoms. The van der Waals surface area contributed by atoms with Gasteiger partial charge in [-0.2, -0.15) is 0 Å². The molecule has 0 saturated heterocycles. The van der Waals surface area contributed by atoms with E-state index >= 15 is 0 Å². The number of rotatable bonds is 1. The Morgan fingerprint density at radius 1 is 1.14 bits per heavy atom. The SMILES string of the molecule is c1ncc2ncc(-c3cncs3)c-2[nH]1. The summed E-state index contributed by atoms with van der Waals surface area (Å²) < 4.78 is 0. The highest BCUT2D eigenvalue weighted by Gasteiger charge is 2.13. The lowest BCUT2D eigenvalue weighted by Gasteiger charge is -1.98. The van der Waals surface area contributed by atoms with Crippen molar-refractivity contribution in [3.8, 4) is 21.8 Å². The fourth-order valence-electron chi connectivity index (χ4n) is 1.40. The third-order valence-corrected chi connectivity index (χ3v) is 2.84. The van der Waals surface area contributed by atoms with Gasteiger partial charge in [0.1, 0.15) is 5.69 Å². The summed E-state index contributed by atoms with van der Waals surface area (Å²) in [5, 5.41) is 0. The second-order valence-electron chi connectivity index (χ2n) is 2.85. The maximum Gasteiger partial charge on any atom is 0.105 e. The van der Waals surface area contributed by atoms with E-state index < -0.39 is 0 Å². The molecule has 0 aliphatic carbocycles. The van der Waals surface area contributed by atoms with E-state index in [1.807, 2.05) is 17.9 Å². The Morgan fingerprint density at radius 3 is 3.00 bits per heavy atom. The maximum atomic E-state index is 4.26. The van der Waals surface area contributed by atoms with Crippen LogP contribution in [0, 0.1) is 0 Å². The van der Waals surface area contributed by atoms with Crippen LogP contribution >= 0.6 is 11.3 Å². The van der Waals surface area contributed by atoms with Crippen molar-refractivity contribution >= 4 is 11.3 Å². The Kier molecular flexibility index (Phi) is 1.57. The molecule has 68 valence electrons. The van der Waals surface area contributed by atoms with Crippen LogP contribution in [-0.2, 0) is 0 Å². The molecule has 0 fully saturated rings. The average molecular weight is 202 g/mol. The number of hydrogen-bond donors (Lipinski definition) is 1. The fourth-order valence-corrected chi connectivity index (χ4v) is 2.03. The van der Waals surface area contributed by atoms with Gasteiger partial charge in [0.15, 0.2) is 0 Å². The smallest absolute Gasteiger partial charge is 0.105 e. The zero-order chi connectivity index (χ0) is 9.38. The van der Waals surface area contributed by atoms with Gasteiger partial charge in [0.2, 0.25) is 0 Å². The van der Waals surface area contributed by atoms with Crippen molar-refractivity contribution in [2.75, 3.05) is 0 Å². The first-order chi connectivity index (χ1) is 6.95. The Balaban J connectivity index is 2.25. The molecule has 1 aromatic heterocycles. The highest BCUT2D eigenvalue weighted by atomic mass is 32.1. The number of nitrogens with zero attached hydrogens (tertiary/aromatic N) is 3. The standard InChI is InChI=1S/C9H6N4S/c1-6(8-3-11-5-14-8)9-7(12-1)2-10-4-13-9/h1-5H,(H,10,13). The third-order valence-electron chi connectivity index (χ3n) is 2.04. The minimum Gasteiger partial charge on any atom is -0.344 e. The van der Waals surface area contributed by atoms with Crippen LogP contribution in [0.2, 0.25) is 0 Å². The molecule has 0 aromatic carbocycles. The van der Waals surface area contributed by atoms with Crippen LogP contribution < -0.4 is 0 Å². The molecule has 2 aliphatic heterocycles. The maximum absolute atomic E-state index is 4.26. The van der Waals surface area contributed by atoms with Gasteiger partial charge >= 0.3 is 0 Å². The Morgan fingerprint density at radius 2 is 2.14 bits per heavy atom. The average Bonchev–Trinajstić information content (AvgIpc) is 2.85. The number of aromatic amines is 1. The molecule has 1 N–H and O–H groups in total. The van der Waals surface area contributed by atoms with Crippen LogP contribution in [0.1, 0.15) is 0 Å². The molecule has 0 saturated carbocycles. The first kappa shape index (κ1) is 7.64. The first-order valence-corrected chi connectivity index (χ1v) is 4.99. The van der Waals surface area contributed by atoms with Crippen LogP contribution in [0.4, 0.5) is 0 Å². The topological polar surface area (TPSA) is 54.5 Å². The van der Waals surface area contributed by atoms with Gasteiger partial charge in [-0.3, -0.25) is 9.97 Å². The normalized spacial score (nSPS) is 10.9. The molecule has 14 heavy (non-hydrogen) atoms. The van der Waals surface area contributed by atoms with Crippen molar-refractivity contribution < 1.29 is 0 Å². The van der Waals surface area contributed by atoms with Crippen molar-refractivity contribution in [1.29, 1.82) is 0 Å². The van der Waals surface area contributed by atoms with E-state index in [1.54, 1.807) is 23.9 Å². The highest BCUT2D eigenvalue weighted by Crippen LogP contribution is 2.32. The Hall–Kier alpha value is -1.75. The molecule has 3 heterocycles. The zero-order valence-corrected chi connectivity index (χ0v) is 7.95. The van der Waals surface area contributed by atoms with Crippen LogP contribution in [-0.4, -0.2) is 19.9 Å². The Labute approximate surface area is 84.0 Å². The van der Waals surface area contributed by atoms with Gasteiger partial charge in [-0.15, -0.1) is 11.3 Å². The van der Waals surface area contributed by atoms with Gasteiger partial charge < -0.3 is 4.98 Å². The molecule has 0 amide bonds. The van der Waals surface area contributed by atoms with Gasteiger partial charge in [-0.1, -0.05) is 0 Å². The molecule has 5 heteroatoms. The number of hydrogen-bond acceptors (Lipinski definition) is 4. The summed E-state index contributed by atoms with van der Waals surface area (Å²) in [6.45, 7) is 0. The lowest BCUT2D eigenvalue weighted by atomic mass is 10.2. The molecule has 3 rings (SSSR count). The molecule has 2 aliphatic rings. The summed E-state index contributed by atoms with van der Waals surface area (Å²) in [5.74, 6) is 0. The van der Waals surface area contributed by atoms with Gasteiger partial charge in [0.05, 0.1) is 28.6 Å². The van der Waals surface area contributed by atoms with E-state index in [9.17, 15) is 0 Å². The van der Waals surface area contributed by atoms with Crippen LogP contribution in [0.15, 0.2) is 30.4 Å². The van der Waals surface area contributed by atoms with Crippen LogP contribution in [0.3, 0.4) is 0 Å². The second-order valence-corrected chi connectivity index (χ2v) is 3.74. The van der Waals surface area contributed by atoms with E-state index in [0.717, 1.165) is 21.8 Å². The lowest BCUT2D eigenvalue weighted by Crippen LogP contribution is -1.84. The fraction of sp³-hybridized carbons (Fsp3) is 0. The minimum absolute atomic E-state index is 0.885. The van der Waals surface area contributed by atoms with E-state index in [4.69, 9.17) is 0 Å². The number of H-pyrrole nitrogens is 1. The summed E-state index contributed by atoms with van der Waals surface area (Å²) in [6, 6.07) is 0. The Bertz CT molecular complexity index is 514. The first-order valence-electron chi connectivity index (χ1n) is 4.11. The summed E-state index contributed by atoms with van der Waals surface area (Å²) >= 11 is 1.60. The number of thiazole rings is 1. The molecular weight excluding hydrogens is 196 g/mol. The van der Waals surface area contributed by atoms with Crippen LogP contribution in [0.5, 0.6) is 0 Å². The molecule has 0 bridgehead atoms. The summed E-state index contributed by atoms with van der Waals surface area (Å²) in [5.41, 5.74) is 4.81. The molecule has 4 nitrogen and oxygen atoms in total. The lowest BCUT2D eigenvalue weighted by molar-refractivity contribution is 1.16. The predicted molar refractivity (Wildman–Crippen MR) is 54.1 cm³/mol. The van der Waals surface area contributed by atoms with Crippen molar-refractivity contribution in [2.45, 2.75) is 0 Å². The van der Waals surface area contributed by atoms with Crippen molar-refractivity contribution in [3.63, 3.8) is 0 Å². The molecule has 0 unspecified atom stereocenters. The van der Waals surface area contributed by atoms with Crippen molar-refractivity contribution in [1.82, 2.24) is 19.9 Å².